The first-order chi connectivity index (χ1) is 15.8. The minimum Gasteiger partial charge on any atom is -0.481 e. The fraction of sp³-hybridized carbons (Fsp3) is 0.967. The molecule has 5 rings (SSSR count). The van der Waals surface area contributed by atoms with Gasteiger partial charge in [-0.1, -0.05) is 41.5 Å². The van der Waals surface area contributed by atoms with Crippen LogP contribution in [0.2, 0.25) is 0 Å². The van der Waals surface area contributed by atoms with Gasteiger partial charge in [0.1, 0.15) is 0 Å². The van der Waals surface area contributed by atoms with Crippen molar-refractivity contribution in [3.05, 3.63) is 0 Å². The molecule has 5 fully saturated rings. The van der Waals surface area contributed by atoms with Crippen LogP contribution in [0.4, 0.5) is 0 Å². The first kappa shape index (κ1) is 25.1. The number of fused-ring (bicyclic) bond motifs is 7. The summed E-state index contributed by atoms with van der Waals surface area (Å²) in [7, 11) is 0. The number of aliphatic carboxylic acids is 1. The Balaban J connectivity index is 1.54. The van der Waals surface area contributed by atoms with Gasteiger partial charge >= 0.3 is 5.97 Å². The Hall–Kier alpha value is -0.610. The zero-order chi connectivity index (χ0) is 24.9. The number of carbonyl (C=O) groups is 1. The van der Waals surface area contributed by atoms with Gasteiger partial charge in [0, 0.05) is 6.61 Å². The quantitative estimate of drug-likeness (QED) is 0.459. The maximum absolute atomic E-state index is 12.1. The van der Waals surface area contributed by atoms with Crippen molar-refractivity contribution in [3.8, 4) is 0 Å². The molecule has 5 aliphatic carbocycles. The molecule has 0 bridgehead atoms. The van der Waals surface area contributed by atoms with Crippen LogP contribution in [-0.2, 0) is 4.79 Å². The molecule has 0 amide bonds. The largest absolute Gasteiger partial charge is 0.481 e. The standard InChI is InChI=1S/C30H50O4/c1-18(25(33)34)19-9-14-30(17-31)16-15-28(5)20(24(19)30)7-8-22-27(4)12-11-23(32)26(2,3)21(27)10-13-29(22,28)6/h18-24,31-32H,7-17H2,1-6H3,(H,33,34)/t18-,19+,20+,21+,22-,23-,24+,27-,28+,29-,30-/m0/s1. The summed E-state index contributed by atoms with van der Waals surface area (Å²) in [5.41, 5.74) is 0.589. The van der Waals surface area contributed by atoms with Crippen molar-refractivity contribution in [2.75, 3.05) is 6.61 Å². The summed E-state index contributed by atoms with van der Waals surface area (Å²) in [6, 6.07) is 0. The summed E-state index contributed by atoms with van der Waals surface area (Å²) in [6.45, 7) is 14.5. The average molecular weight is 475 g/mol. The Morgan fingerprint density at radius 3 is 2.21 bits per heavy atom. The molecule has 0 saturated heterocycles. The van der Waals surface area contributed by atoms with Crippen LogP contribution in [-0.4, -0.2) is 34.0 Å². The predicted octanol–water partition coefficient (Wildman–Crippen LogP) is 6.14. The monoisotopic (exact) mass is 474 g/mol. The molecule has 5 saturated carbocycles. The molecular formula is C30H50O4. The molecule has 4 heteroatoms. The van der Waals surface area contributed by atoms with Crippen LogP contribution in [0.3, 0.4) is 0 Å². The molecule has 3 N–H and O–H groups in total. The summed E-state index contributed by atoms with van der Waals surface area (Å²) in [5, 5.41) is 31.5. The molecule has 194 valence electrons. The van der Waals surface area contributed by atoms with E-state index in [-0.39, 0.29) is 51.6 Å². The number of aliphatic hydroxyl groups excluding tert-OH is 2. The molecule has 4 nitrogen and oxygen atoms in total. The second-order valence-electron chi connectivity index (χ2n) is 14.9. The van der Waals surface area contributed by atoms with E-state index in [2.05, 4.69) is 34.6 Å². The van der Waals surface area contributed by atoms with Gasteiger partial charge in [0.05, 0.1) is 12.0 Å². The van der Waals surface area contributed by atoms with Crippen molar-refractivity contribution in [1.29, 1.82) is 0 Å². The van der Waals surface area contributed by atoms with Gasteiger partial charge in [0.25, 0.3) is 0 Å². The number of carboxylic acid groups (broad SMARTS) is 1. The third kappa shape index (κ3) is 2.93. The first-order valence-electron chi connectivity index (χ1n) is 14.3. The topological polar surface area (TPSA) is 77.8 Å². The smallest absolute Gasteiger partial charge is 0.306 e. The van der Waals surface area contributed by atoms with E-state index in [9.17, 15) is 20.1 Å². The molecule has 0 unspecified atom stereocenters. The molecule has 0 radical (unpaired) electrons. The van der Waals surface area contributed by atoms with E-state index in [0.29, 0.717) is 23.7 Å². The van der Waals surface area contributed by atoms with Crippen molar-refractivity contribution >= 4 is 5.97 Å². The number of hydrogen-bond donors (Lipinski definition) is 3. The fourth-order valence-corrected chi connectivity index (χ4v) is 11.8. The molecule has 0 aromatic heterocycles. The van der Waals surface area contributed by atoms with Crippen molar-refractivity contribution < 1.29 is 20.1 Å². The van der Waals surface area contributed by atoms with Gasteiger partial charge in [0.2, 0.25) is 0 Å². The normalized spacial score (nSPS) is 54.8. The van der Waals surface area contributed by atoms with Crippen molar-refractivity contribution in [2.24, 2.45) is 62.6 Å². The van der Waals surface area contributed by atoms with Crippen LogP contribution in [0, 0.1) is 62.6 Å². The predicted molar refractivity (Wildman–Crippen MR) is 134 cm³/mol. The van der Waals surface area contributed by atoms with Crippen LogP contribution in [0.1, 0.15) is 106 Å². The lowest BCUT2D eigenvalue weighted by atomic mass is 9.32. The lowest BCUT2D eigenvalue weighted by Crippen LogP contribution is -2.67. The Labute approximate surface area is 207 Å². The number of hydrogen-bond acceptors (Lipinski definition) is 3. The van der Waals surface area contributed by atoms with Gasteiger partial charge in [-0.2, -0.15) is 0 Å². The van der Waals surface area contributed by atoms with Gasteiger partial charge in [0.15, 0.2) is 0 Å². The lowest BCUT2D eigenvalue weighted by molar-refractivity contribution is -0.251. The summed E-state index contributed by atoms with van der Waals surface area (Å²) in [4.78, 5) is 12.1. The summed E-state index contributed by atoms with van der Waals surface area (Å²) in [6.07, 6.45) is 10.8. The maximum Gasteiger partial charge on any atom is 0.306 e. The van der Waals surface area contributed by atoms with E-state index < -0.39 is 5.97 Å². The number of carboxylic acids is 1. The van der Waals surface area contributed by atoms with Crippen LogP contribution in [0.5, 0.6) is 0 Å². The molecule has 34 heavy (non-hydrogen) atoms. The maximum atomic E-state index is 12.1. The van der Waals surface area contributed by atoms with E-state index in [4.69, 9.17) is 0 Å². The Morgan fingerprint density at radius 1 is 0.853 bits per heavy atom. The minimum atomic E-state index is -0.665. The van der Waals surface area contributed by atoms with Gasteiger partial charge in [-0.15, -0.1) is 0 Å². The highest BCUT2D eigenvalue weighted by Crippen LogP contribution is 2.77. The van der Waals surface area contributed by atoms with E-state index in [1.54, 1.807) is 0 Å². The Kier molecular flexibility index (Phi) is 5.67. The summed E-state index contributed by atoms with van der Waals surface area (Å²) < 4.78 is 0. The lowest BCUT2D eigenvalue weighted by Gasteiger charge is -2.73. The van der Waals surface area contributed by atoms with Crippen LogP contribution >= 0.6 is 0 Å². The highest BCUT2D eigenvalue weighted by Gasteiger charge is 2.71. The third-order valence-corrected chi connectivity index (χ3v) is 14.0. The zero-order valence-corrected chi connectivity index (χ0v) is 22.6. The fourth-order valence-electron chi connectivity index (χ4n) is 11.8. The molecular weight excluding hydrogens is 424 g/mol. The molecule has 0 aliphatic heterocycles. The molecule has 0 aromatic rings. The van der Waals surface area contributed by atoms with E-state index in [1.807, 2.05) is 6.92 Å². The SMILES string of the molecule is C[C@H](C(=O)O)[C@H]1CC[C@@]2(CO)CC[C@]3(C)[C@H](CC[C@H]4[C@@]5(C)CC[C@H](O)C(C)(C)[C@H]5CC[C@@]43C)[C@@H]12. The van der Waals surface area contributed by atoms with Gasteiger partial charge in [-0.25, -0.2) is 0 Å². The van der Waals surface area contributed by atoms with Crippen LogP contribution in [0.25, 0.3) is 0 Å². The highest BCUT2D eigenvalue weighted by atomic mass is 16.4. The molecule has 11 atom stereocenters. The second kappa shape index (κ2) is 7.70. The van der Waals surface area contributed by atoms with Gasteiger partial charge in [-0.05, 0) is 121 Å². The third-order valence-electron chi connectivity index (χ3n) is 14.0. The number of aliphatic hydroxyl groups is 2. The van der Waals surface area contributed by atoms with Gasteiger partial charge in [-0.3, -0.25) is 4.79 Å². The Bertz CT molecular complexity index is 838. The van der Waals surface area contributed by atoms with Crippen molar-refractivity contribution in [2.45, 2.75) is 112 Å². The van der Waals surface area contributed by atoms with Gasteiger partial charge < -0.3 is 15.3 Å². The first-order valence-corrected chi connectivity index (χ1v) is 14.3. The highest BCUT2D eigenvalue weighted by molar-refractivity contribution is 5.70. The zero-order valence-electron chi connectivity index (χ0n) is 22.6. The van der Waals surface area contributed by atoms with Crippen molar-refractivity contribution in [3.63, 3.8) is 0 Å². The Morgan fingerprint density at radius 2 is 1.56 bits per heavy atom. The molecule has 5 aliphatic rings. The minimum absolute atomic E-state index is 0.0296. The molecule has 0 spiro atoms. The molecule has 0 aromatic carbocycles. The van der Waals surface area contributed by atoms with E-state index >= 15 is 0 Å². The summed E-state index contributed by atoms with van der Waals surface area (Å²) in [5.74, 6) is 1.24. The van der Waals surface area contributed by atoms with E-state index in [1.165, 1.54) is 32.1 Å². The van der Waals surface area contributed by atoms with E-state index in [0.717, 1.165) is 32.1 Å². The molecule has 0 heterocycles. The average Bonchev–Trinajstić information content (AvgIpc) is 3.16. The second-order valence-corrected chi connectivity index (χ2v) is 14.9. The number of rotatable bonds is 3. The van der Waals surface area contributed by atoms with Crippen LogP contribution in [0.15, 0.2) is 0 Å². The van der Waals surface area contributed by atoms with Crippen LogP contribution < -0.4 is 0 Å². The summed E-state index contributed by atoms with van der Waals surface area (Å²) >= 11 is 0. The van der Waals surface area contributed by atoms with Crippen molar-refractivity contribution in [1.82, 2.24) is 0 Å².